The van der Waals surface area contributed by atoms with E-state index in [0.717, 1.165) is 27.1 Å². The van der Waals surface area contributed by atoms with E-state index in [2.05, 4.69) is 20.6 Å². The number of carbonyl (C=O) groups is 1. The number of imidazole rings is 1. The van der Waals surface area contributed by atoms with Gasteiger partial charge in [0.1, 0.15) is 11.6 Å². The molecule has 0 aliphatic carbocycles. The van der Waals surface area contributed by atoms with Crippen LogP contribution in [0.15, 0.2) is 53.6 Å². The molecular weight excluding hydrogens is 442 g/mol. The van der Waals surface area contributed by atoms with Crippen molar-refractivity contribution in [3.05, 3.63) is 71.3 Å². The van der Waals surface area contributed by atoms with Crippen LogP contribution in [0.1, 0.15) is 40.4 Å². The number of anilines is 1. The Labute approximate surface area is 194 Å². The van der Waals surface area contributed by atoms with Gasteiger partial charge in [0.05, 0.1) is 36.5 Å². The lowest BCUT2D eigenvalue weighted by Gasteiger charge is -2.17. The molecule has 0 radical (unpaired) electrons. The van der Waals surface area contributed by atoms with Gasteiger partial charge in [0.15, 0.2) is 0 Å². The van der Waals surface area contributed by atoms with E-state index in [0.29, 0.717) is 12.2 Å². The third-order valence-electron chi connectivity index (χ3n) is 5.15. The van der Waals surface area contributed by atoms with Gasteiger partial charge in [-0.1, -0.05) is 12.1 Å². The average molecular weight is 472 g/mol. The van der Waals surface area contributed by atoms with Gasteiger partial charge in [0.25, 0.3) is 5.91 Å². The first kappa shape index (κ1) is 24.3. The number of benzene rings is 2. The summed E-state index contributed by atoms with van der Waals surface area (Å²) in [6.45, 7) is 4.11. The minimum Gasteiger partial charge on any atom is -0.497 e. The predicted molar refractivity (Wildman–Crippen MR) is 127 cm³/mol. The highest BCUT2D eigenvalue weighted by Crippen LogP contribution is 2.23. The summed E-state index contributed by atoms with van der Waals surface area (Å²) in [7, 11) is 0.753. The van der Waals surface area contributed by atoms with Crippen LogP contribution in [0.3, 0.4) is 0 Å². The van der Waals surface area contributed by atoms with Crippen LogP contribution >= 0.6 is 0 Å². The molecule has 2 aromatic carbocycles. The Morgan fingerprint density at radius 1 is 1.18 bits per heavy atom. The zero-order chi connectivity index (χ0) is 24.2. The van der Waals surface area contributed by atoms with Crippen molar-refractivity contribution in [1.82, 2.24) is 19.6 Å². The van der Waals surface area contributed by atoms with E-state index in [1.165, 1.54) is 26.2 Å². The molecule has 10 heteroatoms. The second-order valence-electron chi connectivity index (χ2n) is 7.85. The summed E-state index contributed by atoms with van der Waals surface area (Å²) in [6.07, 6.45) is 1.70. The Bertz CT molecular complexity index is 1220. The highest BCUT2D eigenvalue weighted by Gasteiger charge is 2.21. The summed E-state index contributed by atoms with van der Waals surface area (Å²) in [6, 6.07) is 11.6. The zero-order valence-corrected chi connectivity index (χ0v) is 20.2. The molecule has 0 unspecified atom stereocenters. The van der Waals surface area contributed by atoms with Crippen molar-refractivity contribution < 1.29 is 17.9 Å². The van der Waals surface area contributed by atoms with E-state index < -0.39 is 10.0 Å². The summed E-state index contributed by atoms with van der Waals surface area (Å²) in [5, 5.41) is 6.10. The number of methoxy groups -OCH3 is 1. The molecule has 1 aromatic heterocycles. The topological polar surface area (TPSA) is 116 Å². The molecule has 176 valence electrons. The number of carbonyl (C=O) groups excluding carboxylic acids is 1. The van der Waals surface area contributed by atoms with Gasteiger partial charge in [0.2, 0.25) is 10.0 Å². The molecule has 0 fully saturated rings. The number of aryl methyl sites for hydroxylation is 1. The maximum absolute atomic E-state index is 13.0. The number of hydrogen-bond donors (Lipinski definition) is 3. The fraction of sp³-hybridized carbons (Fsp3) is 0.304. The van der Waals surface area contributed by atoms with Crippen molar-refractivity contribution in [1.29, 1.82) is 0 Å². The average Bonchev–Trinajstić information content (AvgIpc) is 3.22. The number of sulfonamides is 1. The lowest BCUT2D eigenvalue weighted by Crippen LogP contribution is -2.27. The van der Waals surface area contributed by atoms with Crippen LogP contribution in [0.25, 0.3) is 0 Å². The van der Waals surface area contributed by atoms with Gasteiger partial charge in [-0.2, -0.15) is 0 Å². The molecule has 3 N–H and O–H groups in total. The molecule has 3 rings (SSSR count). The molecule has 33 heavy (non-hydrogen) atoms. The van der Waals surface area contributed by atoms with Crippen molar-refractivity contribution in [2.75, 3.05) is 26.5 Å². The first-order valence-electron chi connectivity index (χ1n) is 10.4. The van der Waals surface area contributed by atoms with Crippen LogP contribution < -0.4 is 15.4 Å². The van der Waals surface area contributed by atoms with Crippen molar-refractivity contribution in [3.8, 4) is 5.75 Å². The monoisotopic (exact) mass is 471 g/mol. The summed E-state index contributed by atoms with van der Waals surface area (Å²) in [5.74, 6) is 1.12. The molecule has 0 aliphatic rings. The van der Waals surface area contributed by atoms with Crippen LogP contribution in [-0.4, -0.2) is 49.8 Å². The van der Waals surface area contributed by atoms with Gasteiger partial charge in [0, 0.05) is 25.3 Å². The second-order valence-corrected chi connectivity index (χ2v) is 10.0. The molecule has 0 saturated heterocycles. The Kier molecular flexibility index (Phi) is 7.39. The minimum absolute atomic E-state index is 0.0283. The quantitative estimate of drug-likeness (QED) is 0.442. The largest absolute Gasteiger partial charge is 0.497 e. The number of nitrogens with one attached hydrogen (secondary N) is 3. The fourth-order valence-corrected chi connectivity index (χ4v) is 4.18. The highest BCUT2D eigenvalue weighted by atomic mass is 32.2. The first-order valence-corrected chi connectivity index (χ1v) is 11.8. The standard InChI is InChI=1S/C23H29N5O4S/c1-15(17-6-8-21(32-5)9-7-17)26-23(29)18-10-19(25-14-20-13-24-16(2)27-20)12-22(11-18)33(30,31)28(3)4/h6-13,15,25H,14H2,1-5H3,(H,24,27)(H,26,29)/t15-/m1/s1. The van der Waals surface area contributed by atoms with E-state index in [1.807, 2.05) is 38.1 Å². The van der Waals surface area contributed by atoms with Gasteiger partial charge in [-0.25, -0.2) is 17.7 Å². The number of ether oxygens (including phenoxy) is 1. The highest BCUT2D eigenvalue weighted by molar-refractivity contribution is 7.89. The molecule has 1 heterocycles. The predicted octanol–water partition coefficient (Wildman–Crippen LogP) is 3.08. The number of aromatic amines is 1. The van der Waals surface area contributed by atoms with Gasteiger partial charge >= 0.3 is 0 Å². The molecule has 3 aromatic rings. The number of hydrogen-bond acceptors (Lipinski definition) is 6. The number of amides is 1. The van der Waals surface area contributed by atoms with E-state index >= 15 is 0 Å². The third-order valence-corrected chi connectivity index (χ3v) is 6.94. The first-order chi connectivity index (χ1) is 15.6. The van der Waals surface area contributed by atoms with Crippen molar-refractivity contribution in [2.24, 2.45) is 0 Å². The Balaban J connectivity index is 1.87. The third kappa shape index (κ3) is 5.91. The molecule has 1 atom stereocenters. The Hall–Kier alpha value is -3.37. The molecule has 9 nitrogen and oxygen atoms in total. The smallest absolute Gasteiger partial charge is 0.251 e. The van der Waals surface area contributed by atoms with Crippen LogP contribution in [0.2, 0.25) is 0 Å². The Morgan fingerprint density at radius 2 is 1.88 bits per heavy atom. The van der Waals surface area contributed by atoms with Crippen LogP contribution in [0.5, 0.6) is 5.75 Å². The number of aromatic nitrogens is 2. The lowest BCUT2D eigenvalue weighted by molar-refractivity contribution is 0.0939. The lowest BCUT2D eigenvalue weighted by atomic mass is 10.1. The van der Waals surface area contributed by atoms with E-state index in [-0.39, 0.29) is 22.4 Å². The molecule has 0 spiro atoms. The summed E-state index contributed by atoms with van der Waals surface area (Å²) < 4.78 is 31.8. The molecule has 1 amide bonds. The summed E-state index contributed by atoms with van der Waals surface area (Å²) >= 11 is 0. The van der Waals surface area contributed by atoms with Crippen LogP contribution in [0, 0.1) is 6.92 Å². The summed E-state index contributed by atoms with van der Waals surface area (Å²) in [5.41, 5.74) is 2.48. The molecule has 0 aliphatic heterocycles. The number of nitrogens with zero attached hydrogens (tertiary/aromatic N) is 2. The number of rotatable bonds is 9. The van der Waals surface area contributed by atoms with Crippen LogP contribution in [-0.2, 0) is 16.6 Å². The molecular formula is C23H29N5O4S. The minimum atomic E-state index is -3.74. The molecule has 0 saturated carbocycles. The van der Waals surface area contributed by atoms with Crippen molar-refractivity contribution >= 4 is 21.6 Å². The van der Waals surface area contributed by atoms with E-state index in [4.69, 9.17) is 4.74 Å². The number of H-pyrrole nitrogens is 1. The van der Waals surface area contributed by atoms with Gasteiger partial charge in [-0.05, 0) is 49.7 Å². The SMILES string of the molecule is COc1ccc([C@@H](C)NC(=O)c2cc(NCc3cnc(C)[nH]3)cc(S(=O)(=O)N(C)C)c2)cc1. The van der Waals surface area contributed by atoms with Crippen molar-refractivity contribution in [2.45, 2.75) is 31.3 Å². The normalized spacial score (nSPS) is 12.4. The zero-order valence-electron chi connectivity index (χ0n) is 19.3. The van der Waals surface area contributed by atoms with Gasteiger partial charge < -0.3 is 20.4 Å². The van der Waals surface area contributed by atoms with Gasteiger partial charge in [-0.3, -0.25) is 4.79 Å². The van der Waals surface area contributed by atoms with E-state index in [9.17, 15) is 13.2 Å². The second kappa shape index (κ2) is 10.1. The van der Waals surface area contributed by atoms with Crippen LogP contribution in [0.4, 0.5) is 5.69 Å². The maximum atomic E-state index is 13.0. The summed E-state index contributed by atoms with van der Waals surface area (Å²) in [4.78, 5) is 20.3. The fourth-order valence-electron chi connectivity index (χ4n) is 3.21. The van der Waals surface area contributed by atoms with E-state index in [1.54, 1.807) is 19.4 Å². The molecule has 0 bridgehead atoms. The Morgan fingerprint density at radius 3 is 2.45 bits per heavy atom. The van der Waals surface area contributed by atoms with Crippen molar-refractivity contribution in [3.63, 3.8) is 0 Å². The van der Waals surface area contributed by atoms with Gasteiger partial charge in [-0.15, -0.1) is 0 Å². The maximum Gasteiger partial charge on any atom is 0.251 e.